The Kier molecular flexibility index (Phi) is 3.71. The number of nitrogens with one attached hydrogen (secondary N) is 1. The largest absolute Gasteiger partial charge is 0.308 e. The Morgan fingerprint density at radius 3 is 2.76 bits per heavy atom. The number of nitrogens with zero attached hydrogens (tertiary/aromatic N) is 3. The van der Waals surface area contributed by atoms with Gasteiger partial charge in [0, 0.05) is 30.4 Å². The van der Waals surface area contributed by atoms with E-state index in [2.05, 4.69) is 46.6 Å². The van der Waals surface area contributed by atoms with Crippen LogP contribution < -0.4 is 5.32 Å². The van der Waals surface area contributed by atoms with Crippen LogP contribution in [0.2, 0.25) is 0 Å². The zero-order valence-electron chi connectivity index (χ0n) is 12.7. The van der Waals surface area contributed by atoms with Crippen molar-refractivity contribution in [1.82, 2.24) is 20.1 Å². The van der Waals surface area contributed by atoms with Gasteiger partial charge in [-0.25, -0.2) is 0 Å². The Morgan fingerprint density at radius 2 is 2.05 bits per heavy atom. The molecule has 0 aliphatic rings. The molecule has 1 unspecified atom stereocenters. The maximum atomic E-state index is 4.56. The molecule has 0 radical (unpaired) electrons. The van der Waals surface area contributed by atoms with E-state index in [1.165, 1.54) is 10.9 Å². The number of fused-ring (bicyclic) bond motifs is 1. The third kappa shape index (κ3) is 2.43. The van der Waals surface area contributed by atoms with Gasteiger partial charge in [-0.05, 0) is 24.9 Å². The highest BCUT2D eigenvalue weighted by molar-refractivity contribution is 5.85. The Labute approximate surface area is 124 Å². The van der Waals surface area contributed by atoms with Crippen molar-refractivity contribution in [3.63, 3.8) is 0 Å². The lowest BCUT2D eigenvalue weighted by Crippen LogP contribution is -2.21. The summed E-state index contributed by atoms with van der Waals surface area (Å²) < 4.78 is 1.96. The fourth-order valence-corrected chi connectivity index (χ4v) is 2.82. The van der Waals surface area contributed by atoms with Crippen molar-refractivity contribution >= 4 is 10.8 Å². The molecule has 3 rings (SSSR count). The van der Waals surface area contributed by atoms with Crippen LogP contribution in [0.4, 0.5) is 0 Å². The lowest BCUT2D eigenvalue weighted by molar-refractivity contribution is 0.605. The van der Waals surface area contributed by atoms with Crippen molar-refractivity contribution in [2.75, 3.05) is 7.05 Å². The van der Waals surface area contributed by atoms with E-state index < -0.39 is 0 Å². The second kappa shape index (κ2) is 5.66. The Bertz CT molecular complexity index is 755. The highest BCUT2D eigenvalue weighted by atomic mass is 15.3. The first-order chi connectivity index (χ1) is 10.2. The van der Waals surface area contributed by atoms with Crippen LogP contribution in [-0.4, -0.2) is 21.8 Å². The van der Waals surface area contributed by atoms with Crippen molar-refractivity contribution in [1.29, 1.82) is 0 Å². The first-order valence-corrected chi connectivity index (χ1v) is 7.27. The molecule has 0 bridgehead atoms. The minimum absolute atomic E-state index is 0.0846. The fraction of sp³-hybridized carbons (Fsp3) is 0.294. The fourth-order valence-electron chi connectivity index (χ4n) is 2.82. The Balaban J connectivity index is 2.16. The van der Waals surface area contributed by atoms with Crippen LogP contribution in [0.25, 0.3) is 10.8 Å². The number of rotatable bonds is 4. The summed E-state index contributed by atoms with van der Waals surface area (Å²) >= 11 is 0. The van der Waals surface area contributed by atoms with Gasteiger partial charge in [-0.3, -0.25) is 9.67 Å². The third-order valence-corrected chi connectivity index (χ3v) is 3.92. The van der Waals surface area contributed by atoms with Gasteiger partial charge in [0.25, 0.3) is 0 Å². The second-order valence-corrected chi connectivity index (χ2v) is 5.21. The molecule has 0 aliphatic heterocycles. The van der Waals surface area contributed by atoms with Crippen LogP contribution in [0.15, 0.2) is 42.7 Å². The standard InChI is InChI=1S/C17H20N4/c1-4-13-9-16(21(3)20-13)17(18-2)15-11-19-10-12-7-5-6-8-14(12)15/h5-11,17-18H,4H2,1-3H3. The lowest BCUT2D eigenvalue weighted by atomic mass is 9.99. The molecular formula is C17H20N4. The van der Waals surface area contributed by atoms with Gasteiger partial charge in [0.05, 0.1) is 17.4 Å². The zero-order chi connectivity index (χ0) is 14.8. The minimum Gasteiger partial charge on any atom is -0.308 e. The maximum Gasteiger partial charge on any atom is 0.0766 e. The molecule has 0 amide bonds. The van der Waals surface area contributed by atoms with Crippen LogP contribution in [-0.2, 0) is 13.5 Å². The van der Waals surface area contributed by atoms with Crippen LogP contribution in [0.1, 0.15) is 29.9 Å². The van der Waals surface area contributed by atoms with Crippen molar-refractivity contribution < 1.29 is 0 Å². The van der Waals surface area contributed by atoms with E-state index in [0.717, 1.165) is 23.2 Å². The van der Waals surface area contributed by atoms with Crippen molar-refractivity contribution in [2.24, 2.45) is 7.05 Å². The summed E-state index contributed by atoms with van der Waals surface area (Å²) in [5.41, 5.74) is 3.45. The van der Waals surface area contributed by atoms with Gasteiger partial charge in [0.1, 0.15) is 0 Å². The molecule has 2 aromatic heterocycles. The number of aryl methyl sites for hydroxylation is 2. The number of hydrogen-bond acceptors (Lipinski definition) is 3. The first kappa shape index (κ1) is 13.8. The molecule has 0 spiro atoms. The van der Waals surface area contributed by atoms with Gasteiger partial charge < -0.3 is 5.32 Å². The summed E-state index contributed by atoms with van der Waals surface area (Å²) in [6.45, 7) is 2.12. The quantitative estimate of drug-likeness (QED) is 0.799. The summed E-state index contributed by atoms with van der Waals surface area (Å²) in [4.78, 5) is 4.39. The average Bonchev–Trinajstić information content (AvgIpc) is 2.89. The summed E-state index contributed by atoms with van der Waals surface area (Å²) in [5.74, 6) is 0. The molecule has 2 heterocycles. The van der Waals surface area contributed by atoms with Gasteiger partial charge in [-0.2, -0.15) is 5.10 Å². The molecule has 21 heavy (non-hydrogen) atoms. The molecule has 0 saturated carbocycles. The number of pyridine rings is 1. The number of hydrogen-bond donors (Lipinski definition) is 1. The molecule has 4 nitrogen and oxygen atoms in total. The number of benzene rings is 1. The molecule has 1 atom stereocenters. The molecule has 3 aromatic rings. The predicted octanol–water partition coefficient (Wildman–Crippen LogP) is 2.84. The SMILES string of the molecule is CCc1cc(C(NC)c2cncc3ccccc23)n(C)n1. The smallest absolute Gasteiger partial charge is 0.0766 e. The van der Waals surface area contributed by atoms with Gasteiger partial charge in [-0.1, -0.05) is 31.2 Å². The van der Waals surface area contributed by atoms with Gasteiger partial charge in [-0.15, -0.1) is 0 Å². The highest BCUT2D eigenvalue weighted by Gasteiger charge is 2.19. The molecule has 1 aromatic carbocycles. The first-order valence-electron chi connectivity index (χ1n) is 7.27. The average molecular weight is 280 g/mol. The van der Waals surface area contributed by atoms with E-state index in [1.807, 2.05) is 37.2 Å². The third-order valence-electron chi connectivity index (χ3n) is 3.92. The normalized spacial score (nSPS) is 12.7. The predicted molar refractivity (Wildman–Crippen MR) is 85.2 cm³/mol. The lowest BCUT2D eigenvalue weighted by Gasteiger charge is -2.18. The van der Waals surface area contributed by atoms with Crippen LogP contribution in [0.3, 0.4) is 0 Å². The Morgan fingerprint density at radius 1 is 1.24 bits per heavy atom. The van der Waals surface area contributed by atoms with E-state index in [4.69, 9.17) is 0 Å². The molecule has 0 aliphatic carbocycles. The topological polar surface area (TPSA) is 42.7 Å². The van der Waals surface area contributed by atoms with E-state index in [0.29, 0.717) is 0 Å². The summed E-state index contributed by atoms with van der Waals surface area (Å²) in [6, 6.07) is 10.6. The van der Waals surface area contributed by atoms with Gasteiger partial charge >= 0.3 is 0 Å². The second-order valence-electron chi connectivity index (χ2n) is 5.21. The van der Waals surface area contributed by atoms with Crippen molar-refractivity contribution in [3.05, 3.63) is 59.7 Å². The molecule has 4 heteroatoms. The van der Waals surface area contributed by atoms with Crippen LogP contribution >= 0.6 is 0 Å². The molecule has 108 valence electrons. The summed E-state index contributed by atoms with van der Waals surface area (Å²) in [5, 5.41) is 10.4. The number of aromatic nitrogens is 3. The van der Waals surface area contributed by atoms with Crippen molar-refractivity contribution in [2.45, 2.75) is 19.4 Å². The van der Waals surface area contributed by atoms with E-state index in [-0.39, 0.29) is 6.04 Å². The summed E-state index contributed by atoms with van der Waals surface area (Å²) in [7, 11) is 3.97. The van der Waals surface area contributed by atoms with Gasteiger partial charge in [0.2, 0.25) is 0 Å². The van der Waals surface area contributed by atoms with Crippen LogP contribution in [0, 0.1) is 0 Å². The van der Waals surface area contributed by atoms with Gasteiger partial charge in [0.15, 0.2) is 0 Å². The zero-order valence-corrected chi connectivity index (χ0v) is 12.7. The minimum atomic E-state index is 0.0846. The van der Waals surface area contributed by atoms with E-state index in [9.17, 15) is 0 Å². The summed E-state index contributed by atoms with van der Waals surface area (Å²) in [6.07, 6.45) is 4.80. The maximum absolute atomic E-state index is 4.56. The molecule has 0 saturated heterocycles. The monoisotopic (exact) mass is 280 g/mol. The van der Waals surface area contributed by atoms with E-state index >= 15 is 0 Å². The highest BCUT2D eigenvalue weighted by Crippen LogP contribution is 2.28. The van der Waals surface area contributed by atoms with Crippen LogP contribution in [0.5, 0.6) is 0 Å². The molecule has 0 fully saturated rings. The molecular weight excluding hydrogens is 260 g/mol. The van der Waals surface area contributed by atoms with E-state index in [1.54, 1.807) is 0 Å². The Hall–Kier alpha value is -2.20. The van der Waals surface area contributed by atoms with Crippen molar-refractivity contribution in [3.8, 4) is 0 Å². The molecule has 1 N–H and O–H groups in total.